The van der Waals surface area contributed by atoms with Crippen LogP contribution in [0.15, 0.2) is 18.2 Å². The average molecular weight is 261 g/mol. The summed E-state index contributed by atoms with van der Waals surface area (Å²) >= 11 is 0. The van der Waals surface area contributed by atoms with Crippen LogP contribution >= 0.6 is 0 Å². The van der Waals surface area contributed by atoms with Crippen LogP contribution in [0.25, 0.3) is 0 Å². The summed E-state index contributed by atoms with van der Waals surface area (Å²) < 4.78 is 13.9. The Balaban J connectivity index is 2.06. The molecule has 4 nitrogen and oxygen atoms in total. The summed E-state index contributed by atoms with van der Waals surface area (Å²) in [6.45, 7) is 4.32. The number of carbonyl (C=O) groups is 1. The van der Waals surface area contributed by atoms with Crippen molar-refractivity contribution >= 4 is 11.6 Å². The van der Waals surface area contributed by atoms with Gasteiger partial charge in [-0.25, -0.2) is 4.39 Å². The summed E-state index contributed by atoms with van der Waals surface area (Å²) in [5.74, 6) is -0.241. The molecule has 1 aromatic carbocycles. The second-order valence-corrected chi connectivity index (χ2v) is 4.50. The summed E-state index contributed by atoms with van der Waals surface area (Å²) in [5.41, 5.74) is 0.823. The molecule has 1 aromatic rings. The molecule has 1 aliphatic rings. The Morgan fingerprint density at radius 1 is 1.37 bits per heavy atom. The largest absolute Gasteiger partial charge is 0.366 e. The van der Waals surface area contributed by atoms with Crippen LogP contribution in [0.2, 0.25) is 0 Å². The van der Waals surface area contributed by atoms with E-state index in [1.165, 1.54) is 6.07 Å². The summed E-state index contributed by atoms with van der Waals surface area (Å²) in [5, 5.41) is 8.71. The zero-order valence-electron chi connectivity index (χ0n) is 10.9. The van der Waals surface area contributed by atoms with Crippen LogP contribution in [0, 0.1) is 17.1 Å². The van der Waals surface area contributed by atoms with Gasteiger partial charge in [0.15, 0.2) is 0 Å². The van der Waals surface area contributed by atoms with Gasteiger partial charge in [0.05, 0.1) is 17.3 Å². The first-order valence-corrected chi connectivity index (χ1v) is 6.38. The molecule has 0 saturated carbocycles. The Bertz CT molecular complexity index is 516. The van der Waals surface area contributed by atoms with E-state index in [-0.39, 0.29) is 11.7 Å². The molecule has 1 fully saturated rings. The van der Waals surface area contributed by atoms with Crippen molar-refractivity contribution in [3.05, 3.63) is 29.6 Å². The smallest absolute Gasteiger partial charge is 0.222 e. The Hall–Kier alpha value is -2.09. The molecule has 2 rings (SSSR count). The van der Waals surface area contributed by atoms with Gasteiger partial charge in [-0.1, -0.05) is 6.92 Å². The number of carbonyl (C=O) groups excluding carboxylic acids is 1. The van der Waals surface area contributed by atoms with Crippen LogP contribution in [-0.4, -0.2) is 37.0 Å². The van der Waals surface area contributed by atoms with Crippen molar-refractivity contribution in [2.75, 3.05) is 31.1 Å². The van der Waals surface area contributed by atoms with Crippen molar-refractivity contribution in [3.63, 3.8) is 0 Å². The van der Waals surface area contributed by atoms with Crippen molar-refractivity contribution in [3.8, 4) is 6.07 Å². The fourth-order valence-corrected chi connectivity index (χ4v) is 2.25. The number of hydrogen-bond donors (Lipinski definition) is 0. The third kappa shape index (κ3) is 2.84. The lowest BCUT2D eigenvalue weighted by atomic mass is 10.2. The number of piperazine rings is 1. The van der Waals surface area contributed by atoms with Crippen molar-refractivity contribution < 1.29 is 9.18 Å². The lowest BCUT2D eigenvalue weighted by molar-refractivity contribution is -0.131. The van der Waals surface area contributed by atoms with E-state index in [9.17, 15) is 9.18 Å². The highest BCUT2D eigenvalue weighted by molar-refractivity contribution is 5.76. The van der Waals surface area contributed by atoms with Gasteiger partial charge in [0.1, 0.15) is 5.82 Å². The fraction of sp³-hybridized carbons (Fsp3) is 0.429. The molecule has 0 radical (unpaired) electrons. The SMILES string of the molecule is CCC(=O)N1CCN(c2ccc(C#N)cc2F)CC1. The number of amides is 1. The quantitative estimate of drug-likeness (QED) is 0.815. The van der Waals surface area contributed by atoms with Crippen LogP contribution in [-0.2, 0) is 4.79 Å². The minimum Gasteiger partial charge on any atom is -0.366 e. The molecular weight excluding hydrogens is 245 g/mol. The number of nitriles is 1. The van der Waals surface area contributed by atoms with E-state index in [4.69, 9.17) is 5.26 Å². The van der Waals surface area contributed by atoms with E-state index in [1.807, 2.05) is 17.9 Å². The van der Waals surface area contributed by atoms with E-state index < -0.39 is 0 Å². The van der Waals surface area contributed by atoms with Gasteiger partial charge in [-0.15, -0.1) is 0 Å². The van der Waals surface area contributed by atoms with Crippen molar-refractivity contribution in [1.82, 2.24) is 4.90 Å². The standard InChI is InChI=1S/C14H16FN3O/c1-2-14(19)18-7-5-17(6-8-18)13-4-3-11(10-16)9-12(13)15/h3-4,9H,2,5-8H2,1H3. The maximum Gasteiger partial charge on any atom is 0.222 e. The van der Waals surface area contributed by atoms with Crippen molar-refractivity contribution in [2.24, 2.45) is 0 Å². The minimum absolute atomic E-state index is 0.139. The Morgan fingerprint density at radius 2 is 2.05 bits per heavy atom. The average Bonchev–Trinajstić information content (AvgIpc) is 2.46. The number of benzene rings is 1. The van der Waals surface area contributed by atoms with Crippen LogP contribution < -0.4 is 4.90 Å². The van der Waals surface area contributed by atoms with Gasteiger partial charge in [-0.3, -0.25) is 4.79 Å². The molecule has 1 heterocycles. The first-order chi connectivity index (χ1) is 9.15. The maximum absolute atomic E-state index is 13.9. The normalized spacial score (nSPS) is 15.2. The zero-order valence-corrected chi connectivity index (χ0v) is 10.9. The number of anilines is 1. The molecular formula is C14H16FN3O. The first kappa shape index (κ1) is 13.3. The predicted molar refractivity (Wildman–Crippen MR) is 70.2 cm³/mol. The Morgan fingerprint density at radius 3 is 2.58 bits per heavy atom. The number of halogens is 1. The van der Waals surface area contributed by atoms with Crippen molar-refractivity contribution in [2.45, 2.75) is 13.3 Å². The monoisotopic (exact) mass is 261 g/mol. The van der Waals surface area contributed by atoms with E-state index in [0.29, 0.717) is 43.9 Å². The first-order valence-electron chi connectivity index (χ1n) is 6.38. The van der Waals surface area contributed by atoms with Crippen LogP contribution in [0.1, 0.15) is 18.9 Å². The topological polar surface area (TPSA) is 47.3 Å². The van der Waals surface area contributed by atoms with Crippen LogP contribution in [0.3, 0.4) is 0 Å². The molecule has 1 aliphatic heterocycles. The molecule has 0 aromatic heterocycles. The molecule has 0 unspecified atom stereocenters. The Labute approximate surface area is 112 Å². The molecule has 19 heavy (non-hydrogen) atoms. The van der Waals surface area contributed by atoms with Crippen LogP contribution in [0.5, 0.6) is 0 Å². The highest BCUT2D eigenvalue weighted by Gasteiger charge is 2.21. The summed E-state index contributed by atoms with van der Waals surface area (Å²) in [6.07, 6.45) is 0.505. The van der Waals surface area contributed by atoms with E-state index in [1.54, 1.807) is 17.0 Å². The van der Waals surface area contributed by atoms with E-state index in [2.05, 4.69) is 0 Å². The van der Waals surface area contributed by atoms with Gasteiger partial charge < -0.3 is 9.80 Å². The van der Waals surface area contributed by atoms with Gasteiger partial charge in [-0.2, -0.15) is 5.26 Å². The van der Waals surface area contributed by atoms with Gasteiger partial charge >= 0.3 is 0 Å². The lowest BCUT2D eigenvalue weighted by Crippen LogP contribution is -2.48. The van der Waals surface area contributed by atoms with Gasteiger partial charge in [-0.05, 0) is 18.2 Å². The maximum atomic E-state index is 13.9. The molecule has 0 atom stereocenters. The van der Waals surface area contributed by atoms with Gasteiger partial charge in [0, 0.05) is 32.6 Å². The number of rotatable bonds is 2. The molecule has 100 valence electrons. The highest BCUT2D eigenvalue weighted by atomic mass is 19.1. The minimum atomic E-state index is -0.380. The predicted octanol–water partition coefficient (Wildman–Crippen LogP) is 1.76. The third-order valence-electron chi connectivity index (χ3n) is 3.35. The molecule has 0 bridgehead atoms. The lowest BCUT2D eigenvalue weighted by Gasteiger charge is -2.36. The summed E-state index contributed by atoms with van der Waals surface area (Å²) in [6, 6.07) is 6.41. The zero-order chi connectivity index (χ0) is 13.8. The molecule has 0 aliphatic carbocycles. The van der Waals surface area contributed by atoms with Crippen molar-refractivity contribution in [1.29, 1.82) is 5.26 Å². The second-order valence-electron chi connectivity index (χ2n) is 4.50. The van der Waals surface area contributed by atoms with Gasteiger partial charge in [0.2, 0.25) is 5.91 Å². The number of nitrogens with zero attached hydrogens (tertiary/aromatic N) is 3. The van der Waals surface area contributed by atoms with Gasteiger partial charge in [0.25, 0.3) is 0 Å². The van der Waals surface area contributed by atoms with Crippen LogP contribution in [0.4, 0.5) is 10.1 Å². The third-order valence-corrected chi connectivity index (χ3v) is 3.35. The summed E-state index contributed by atoms with van der Waals surface area (Å²) in [7, 11) is 0. The summed E-state index contributed by atoms with van der Waals surface area (Å²) in [4.78, 5) is 15.3. The van der Waals surface area contributed by atoms with E-state index >= 15 is 0 Å². The molecule has 1 amide bonds. The molecule has 0 N–H and O–H groups in total. The van der Waals surface area contributed by atoms with E-state index in [0.717, 1.165) is 0 Å². The molecule has 0 spiro atoms. The Kier molecular flexibility index (Phi) is 4.00. The fourth-order valence-electron chi connectivity index (χ4n) is 2.25. The molecule has 1 saturated heterocycles. The number of hydrogen-bond acceptors (Lipinski definition) is 3. The second kappa shape index (κ2) is 5.70. The molecule has 5 heteroatoms. The highest BCUT2D eigenvalue weighted by Crippen LogP contribution is 2.21.